The smallest absolute Gasteiger partial charge is 0.179 e. The summed E-state index contributed by atoms with van der Waals surface area (Å²) >= 11 is -0.920. The molecule has 2 bridgehead atoms. The third-order valence-corrected chi connectivity index (χ3v) is 9.30. The molecule has 0 spiro atoms. The van der Waals surface area contributed by atoms with Crippen LogP contribution in [0.1, 0.15) is 64.1 Å². The quantitative estimate of drug-likeness (QED) is 0.675. The fraction of sp³-hybridized carbons (Fsp3) is 0.632. The van der Waals surface area contributed by atoms with Crippen LogP contribution in [0.15, 0.2) is 18.5 Å². The normalized spacial score (nSPS) is 33.0. The van der Waals surface area contributed by atoms with Gasteiger partial charge in [0.05, 0.1) is 17.3 Å². The standard InChI is InChI=1S/C19H24N6OS/c1-17(3-4-17)27(26)24-19-8-5-18(6-9-19,7-10-19)16-23-22-14-12-21-15-13(25(14)16)2-11-20-15/h2,11-12,20,24H,3-10H2,1H3. The molecule has 7 rings (SSSR count). The van der Waals surface area contributed by atoms with Gasteiger partial charge in [-0.15, -0.1) is 14.9 Å². The number of hydrogen-bond acceptors (Lipinski definition) is 5. The molecule has 3 aromatic rings. The molecule has 8 heteroatoms. The minimum absolute atomic E-state index is 0.0107. The Morgan fingerprint density at radius 3 is 2.56 bits per heavy atom. The molecule has 4 aliphatic rings. The lowest BCUT2D eigenvalue weighted by atomic mass is 9.57. The van der Waals surface area contributed by atoms with Crippen molar-refractivity contribution in [3.8, 4) is 0 Å². The van der Waals surface area contributed by atoms with Crippen LogP contribution in [0.2, 0.25) is 0 Å². The summed E-state index contributed by atoms with van der Waals surface area (Å²) in [4.78, 5) is 7.62. The van der Waals surface area contributed by atoms with E-state index in [2.05, 4.69) is 42.3 Å². The van der Waals surface area contributed by atoms with Crippen molar-refractivity contribution in [2.45, 2.75) is 74.0 Å². The van der Waals surface area contributed by atoms with Crippen molar-refractivity contribution in [1.29, 1.82) is 0 Å². The first-order chi connectivity index (χ1) is 13.0. The van der Waals surface area contributed by atoms with Crippen LogP contribution >= 0.6 is 0 Å². The van der Waals surface area contributed by atoms with E-state index >= 15 is 0 Å². The van der Waals surface area contributed by atoms with Gasteiger partial charge in [0.1, 0.15) is 10.6 Å². The van der Waals surface area contributed by atoms with Gasteiger partial charge >= 0.3 is 0 Å². The number of nitrogens with zero attached hydrogens (tertiary/aromatic N) is 4. The molecule has 0 saturated heterocycles. The Morgan fingerprint density at radius 2 is 1.85 bits per heavy atom. The van der Waals surface area contributed by atoms with Gasteiger partial charge in [-0.2, -0.15) is 0 Å². The highest BCUT2D eigenvalue weighted by Crippen LogP contribution is 2.54. The van der Waals surface area contributed by atoms with Crippen molar-refractivity contribution >= 4 is 28.2 Å². The molecular weight excluding hydrogens is 360 g/mol. The lowest BCUT2D eigenvalue weighted by molar-refractivity contribution is 0.0880. The third-order valence-electron chi connectivity index (χ3n) is 7.37. The molecule has 0 aromatic carbocycles. The molecule has 1 atom stereocenters. The average molecular weight is 385 g/mol. The first-order valence-electron chi connectivity index (χ1n) is 9.90. The van der Waals surface area contributed by atoms with Gasteiger partial charge in [-0.05, 0) is 51.5 Å². The Morgan fingerprint density at radius 1 is 1.11 bits per heavy atom. The van der Waals surface area contributed by atoms with Gasteiger partial charge in [-0.25, -0.2) is 4.98 Å². The fourth-order valence-electron chi connectivity index (χ4n) is 5.07. The van der Waals surface area contributed by atoms with Crippen LogP contribution in [0.5, 0.6) is 0 Å². The monoisotopic (exact) mass is 384 g/mol. The Labute approximate surface area is 160 Å². The molecule has 3 aromatic heterocycles. The third kappa shape index (κ3) is 2.26. The molecule has 27 heavy (non-hydrogen) atoms. The Bertz CT molecular complexity index is 1010. The summed E-state index contributed by atoms with van der Waals surface area (Å²) in [6, 6.07) is 2.05. The van der Waals surface area contributed by atoms with Crippen molar-refractivity contribution in [3.63, 3.8) is 0 Å². The summed E-state index contributed by atoms with van der Waals surface area (Å²) in [6.07, 6.45) is 12.3. The second kappa shape index (κ2) is 5.24. The lowest BCUT2D eigenvalue weighted by Crippen LogP contribution is -2.59. The topological polar surface area (TPSA) is 94.0 Å². The van der Waals surface area contributed by atoms with E-state index in [-0.39, 0.29) is 15.7 Å². The van der Waals surface area contributed by atoms with Crippen molar-refractivity contribution in [2.24, 2.45) is 0 Å². The first kappa shape index (κ1) is 16.3. The highest BCUT2D eigenvalue weighted by molar-refractivity contribution is 7.91. The zero-order chi connectivity index (χ0) is 18.3. The van der Waals surface area contributed by atoms with E-state index in [1.807, 2.05) is 6.20 Å². The molecule has 0 amide bonds. The maximum absolute atomic E-state index is 12.7. The molecule has 142 valence electrons. The van der Waals surface area contributed by atoms with Gasteiger partial charge in [-0.1, -0.05) is 0 Å². The van der Waals surface area contributed by atoms with Crippen LogP contribution in [-0.4, -0.2) is 39.4 Å². The minimum atomic E-state index is -0.920. The number of nitrogens with one attached hydrogen (secondary N) is 2. The molecule has 0 aliphatic heterocycles. The van der Waals surface area contributed by atoms with E-state index in [4.69, 9.17) is 0 Å². The molecule has 4 saturated carbocycles. The maximum Gasteiger partial charge on any atom is 0.179 e. The number of aromatic nitrogens is 5. The summed E-state index contributed by atoms with van der Waals surface area (Å²) in [5.41, 5.74) is 2.85. The second-order valence-corrected chi connectivity index (χ2v) is 10.8. The van der Waals surface area contributed by atoms with E-state index in [9.17, 15) is 4.55 Å². The zero-order valence-electron chi connectivity index (χ0n) is 15.5. The van der Waals surface area contributed by atoms with E-state index in [1.54, 1.807) is 6.20 Å². The second-order valence-electron chi connectivity index (χ2n) is 9.07. The predicted molar refractivity (Wildman–Crippen MR) is 104 cm³/mol. The van der Waals surface area contributed by atoms with E-state index in [0.29, 0.717) is 0 Å². The van der Waals surface area contributed by atoms with Crippen molar-refractivity contribution in [3.05, 3.63) is 24.3 Å². The van der Waals surface area contributed by atoms with Gasteiger partial charge in [-0.3, -0.25) is 4.40 Å². The number of fused-ring (bicyclic) bond motifs is 6. The number of aromatic amines is 1. The van der Waals surface area contributed by atoms with Gasteiger partial charge in [0.25, 0.3) is 0 Å². The molecule has 4 aliphatic carbocycles. The first-order valence-corrected chi connectivity index (χ1v) is 11.1. The van der Waals surface area contributed by atoms with Crippen LogP contribution in [0.4, 0.5) is 0 Å². The van der Waals surface area contributed by atoms with Gasteiger partial charge in [0.2, 0.25) is 0 Å². The molecule has 0 radical (unpaired) electrons. The minimum Gasteiger partial charge on any atom is -0.598 e. The number of rotatable bonds is 4. The molecule has 1 unspecified atom stereocenters. The largest absolute Gasteiger partial charge is 0.598 e. The van der Waals surface area contributed by atoms with Gasteiger partial charge < -0.3 is 9.54 Å². The number of hydrogen-bond donors (Lipinski definition) is 2. The summed E-state index contributed by atoms with van der Waals surface area (Å²) in [5.74, 6) is 1.08. The Kier molecular flexibility index (Phi) is 3.17. The van der Waals surface area contributed by atoms with Crippen LogP contribution in [0.3, 0.4) is 0 Å². The summed E-state index contributed by atoms with van der Waals surface area (Å²) in [7, 11) is 0. The Hall–Kier alpha value is -1.64. The van der Waals surface area contributed by atoms with Crippen LogP contribution < -0.4 is 4.72 Å². The number of H-pyrrole nitrogens is 1. The molecule has 7 nitrogen and oxygen atoms in total. The molecular formula is C19H24N6OS. The van der Waals surface area contributed by atoms with Crippen molar-refractivity contribution < 1.29 is 4.55 Å². The highest BCUT2D eigenvalue weighted by atomic mass is 32.2. The average Bonchev–Trinajstić information content (AvgIpc) is 3.10. The Balaban J connectivity index is 1.33. The van der Waals surface area contributed by atoms with Crippen molar-refractivity contribution in [1.82, 2.24) is 29.3 Å². The zero-order valence-corrected chi connectivity index (χ0v) is 16.3. The molecule has 3 heterocycles. The van der Waals surface area contributed by atoms with Crippen LogP contribution in [0.25, 0.3) is 16.8 Å². The summed E-state index contributed by atoms with van der Waals surface area (Å²) in [5, 5.41) is 9.04. The van der Waals surface area contributed by atoms with E-state index < -0.39 is 11.4 Å². The van der Waals surface area contributed by atoms with Crippen molar-refractivity contribution in [2.75, 3.05) is 0 Å². The van der Waals surface area contributed by atoms with Crippen LogP contribution in [0, 0.1) is 0 Å². The maximum atomic E-state index is 12.7. The summed E-state index contributed by atoms with van der Waals surface area (Å²) in [6.45, 7) is 2.14. The lowest BCUT2D eigenvalue weighted by Gasteiger charge is -2.52. The molecule has 2 N–H and O–H groups in total. The van der Waals surface area contributed by atoms with E-state index in [1.165, 1.54) is 0 Å². The van der Waals surface area contributed by atoms with Gasteiger partial charge in [0, 0.05) is 35.8 Å². The SMILES string of the molecule is CC1([S+]([O-])NC23CCC(c4nnc5cnc6[nH]ccc6n45)(CC2)CC3)CC1. The van der Waals surface area contributed by atoms with Gasteiger partial charge in [0.15, 0.2) is 11.3 Å². The highest BCUT2D eigenvalue weighted by Gasteiger charge is 2.57. The summed E-state index contributed by atoms with van der Waals surface area (Å²) < 4.78 is 18.5. The fourth-order valence-corrected chi connectivity index (χ4v) is 6.49. The van der Waals surface area contributed by atoms with E-state index in [0.717, 1.165) is 74.0 Å². The van der Waals surface area contributed by atoms with Crippen LogP contribution in [-0.2, 0) is 16.8 Å². The molecule has 4 fully saturated rings. The predicted octanol–water partition coefficient (Wildman–Crippen LogP) is 2.76.